The molecule has 0 saturated carbocycles. The predicted octanol–water partition coefficient (Wildman–Crippen LogP) is 3.82. The van der Waals surface area contributed by atoms with E-state index in [1.807, 2.05) is 44.2 Å². The summed E-state index contributed by atoms with van der Waals surface area (Å²) >= 11 is 1.21. The number of carbonyl (C=O) groups is 1. The van der Waals surface area contributed by atoms with Gasteiger partial charge in [0, 0.05) is 24.3 Å². The van der Waals surface area contributed by atoms with E-state index in [4.69, 9.17) is 11.5 Å². The first-order chi connectivity index (χ1) is 19.0. The van der Waals surface area contributed by atoms with Gasteiger partial charge in [0.2, 0.25) is 10.0 Å². The van der Waals surface area contributed by atoms with Crippen LogP contribution in [0.4, 0.5) is 10.8 Å². The van der Waals surface area contributed by atoms with Crippen molar-refractivity contribution in [2.24, 2.45) is 5.92 Å². The SMILES string of the molecule is Cc1c(N)cccc1C(=O)N[C@@H](Cc1ccccc1)[C@H](O)CN(CC(C)C)S(=O)(=O)c1ccc2nc(N)sc2c1. The number of sulfonamides is 1. The van der Waals surface area contributed by atoms with Gasteiger partial charge in [-0.2, -0.15) is 4.31 Å². The number of fused-ring (bicyclic) bond motifs is 1. The molecule has 2 atom stereocenters. The summed E-state index contributed by atoms with van der Waals surface area (Å²) in [6.45, 7) is 5.55. The predicted molar refractivity (Wildman–Crippen MR) is 161 cm³/mol. The molecular weight excluding hydrogens is 546 g/mol. The molecular formula is C29H35N5O4S2. The van der Waals surface area contributed by atoms with E-state index in [1.165, 1.54) is 21.7 Å². The van der Waals surface area contributed by atoms with Crippen molar-refractivity contribution in [1.29, 1.82) is 0 Å². The number of nitrogens with one attached hydrogen (secondary N) is 1. The van der Waals surface area contributed by atoms with Crippen molar-refractivity contribution in [3.63, 3.8) is 0 Å². The monoisotopic (exact) mass is 581 g/mol. The van der Waals surface area contributed by atoms with E-state index < -0.39 is 28.1 Å². The average Bonchev–Trinajstić information content (AvgIpc) is 3.29. The number of benzene rings is 3. The summed E-state index contributed by atoms with van der Waals surface area (Å²) in [4.78, 5) is 17.6. The molecule has 0 aliphatic heterocycles. The second kappa shape index (κ2) is 12.3. The van der Waals surface area contributed by atoms with E-state index in [0.29, 0.717) is 38.6 Å². The maximum absolute atomic E-state index is 13.8. The van der Waals surface area contributed by atoms with E-state index in [2.05, 4.69) is 10.3 Å². The second-order valence-corrected chi connectivity index (χ2v) is 13.3. The molecule has 11 heteroatoms. The standard InChI is InChI=1S/C29H35N5O4S2/c1-18(2)16-34(40(37,38)21-12-13-24-27(15-21)39-29(31)33-24)17-26(35)25(14-20-8-5-4-6-9-20)32-28(36)22-10-7-11-23(30)19(22)3/h4-13,15,18,25-26,35H,14,16-17,30H2,1-3H3,(H2,31,33)(H,32,36)/t25-,26+/m0/s1. The third-order valence-corrected chi connectivity index (χ3v) is 9.35. The fraction of sp³-hybridized carbons (Fsp3) is 0.310. The van der Waals surface area contributed by atoms with Crippen LogP contribution in [-0.2, 0) is 16.4 Å². The number of aliphatic hydroxyl groups is 1. The number of thiazole rings is 1. The highest BCUT2D eigenvalue weighted by Gasteiger charge is 2.32. The number of nitrogens with two attached hydrogens (primary N) is 2. The van der Waals surface area contributed by atoms with Crippen LogP contribution in [0.25, 0.3) is 10.2 Å². The van der Waals surface area contributed by atoms with Gasteiger partial charge in [0.25, 0.3) is 5.91 Å². The zero-order chi connectivity index (χ0) is 29.0. The Morgan fingerprint density at radius 3 is 2.48 bits per heavy atom. The molecule has 0 aliphatic rings. The van der Waals surface area contributed by atoms with Crippen LogP contribution in [0.3, 0.4) is 0 Å². The lowest BCUT2D eigenvalue weighted by atomic mass is 9.99. The molecule has 0 aliphatic carbocycles. The van der Waals surface area contributed by atoms with E-state index >= 15 is 0 Å². The summed E-state index contributed by atoms with van der Waals surface area (Å²) in [5, 5.41) is 14.8. The maximum Gasteiger partial charge on any atom is 0.251 e. The molecule has 0 unspecified atom stereocenters. The minimum absolute atomic E-state index is 0.0122. The third-order valence-electron chi connectivity index (χ3n) is 6.67. The Balaban J connectivity index is 1.64. The lowest BCUT2D eigenvalue weighted by Crippen LogP contribution is -2.51. The Morgan fingerprint density at radius 2 is 1.77 bits per heavy atom. The first kappa shape index (κ1) is 29.5. The van der Waals surface area contributed by atoms with Crippen LogP contribution in [-0.4, -0.2) is 54.0 Å². The molecule has 1 aromatic heterocycles. The minimum atomic E-state index is -3.99. The van der Waals surface area contributed by atoms with E-state index in [9.17, 15) is 18.3 Å². The van der Waals surface area contributed by atoms with Crippen molar-refractivity contribution in [1.82, 2.24) is 14.6 Å². The van der Waals surface area contributed by atoms with Crippen molar-refractivity contribution in [2.75, 3.05) is 24.6 Å². The Kier molecular flexibility index (Phi) is 9.09. The van der Waals surface area contributed by atoms with E-state index in [0.717, 1.165) is 5.56 Å². The van der Waals surface area contributed by atoms with Crippen LogP contribution in [0.5, 0.6) is 0 Å². The number of nitrogen functional groups attached to an aromatic ring is 2. The molecule has 0 spiro atoms. The second-order valence-electron chi connectivity index (χ2n) is 10.3. The highest BCUT2D eigenvalue weighted by molar-refractivity contribution is 7.89. The molecule has 4 rings (SSSR count). The summed E-state index contributed by atoms with van der Waals surface area (Å²) in [6.07, 6.45) is -0.904. The highest BCUT2D eigenvalue weighted by atomic mass is 32.2. The Morgan fingerprint density at radius 1 is 1.05 bits per heavy atom. The summed E-state index contributed by atoms with van der Waals surface area (Å²) in [6, 6.07) is 18.4. The van der Waals surface area contributed by atoms with Gasteiger partial charge in [-0.25, -0.2) is 13.4 Å². The Hall–Kier alpha value is -3.51. The normalized spacial score (nSPS) is 13.6. The zero-order valence-electron chi connectivity index (χ0n) is 22.7. The molecule has 40 heavy (non-hydrogen) atoms. The summed E-state index contributed by atoms with van der Waals surface area (Å²) in [7, 11) is -3.99. The number of hydrogen-bond acceptors (Lipinski definition) is 8. The number of carbonyl (C=O) groups excluding carboxylic acids is 1. The zero-order valence-corrected chi connectivity index (χ0v) is 24.4. The molecule has 0 bridgehead atoms. The van der Waals surface area contributed by atoms with Crippen molar-refractivity contribution >= 4 is 48.3 Å². The van der Waals surface area contributed by atoms with Crippen LogP contribution in [0.15, 0.2) is 71.6 Å². The number of aliphatic hydroxyl groups excluding tert-OH is 1. The number of aromatic nitrogens is 1. The molecule has 0 fully saturated rings. The van der Waals surface area contributed by atoms with E-state index in [1.54, 1.807) is 37.3 Å². The molecule has 3 aromatic carbocycles. The van der Waals surface area contributed by atoms with E-state index in [-0.39, 0.29) is 23.9 Å². The Bertz CT molecular complexity index is 1590. The van der Waals surface area contributed by atoms with Crippen LogP contribution >= 0.6 is 11.3 Å². The van der Waals surface area contributed by atoms with Gasteiger partial charge in [-0.15, -0.1) is 0 Å². The Labute approximate surface area is 238 Å². The number of hydrogen-bond donors (Lipinski definition) is 4. The highest BCUT2D eigenvalue weighted by Crippen LogP contribution is 2.28. The average molecular weight is 582 g/mol. The molecule has 0 radical (unpaired) electrons. The van der Waals surface area contributed by atoms with Gasteiger partial charge in [-0.05, 0) is 60.7 Å². The van der Waals surface area contributed by atoms with Gasteiger partial charge in [0.15, 0.2) is 5.13 Å². The first-order valence-corrected chi connectivity index (χ1v) is 15.3. The van der Waals surface area contributed by atoms with Crippen LogP contribution in [0.1, 0.15) is 35.3 Å². The van der Waals surface area contributed by atoms with Crippen molar-refractivity contribution < 1.29 is 18.3 Å². The van der Waals surface area contributed by atoms with Crippen molar-refractivity contribution in [3.05, 3.63) is 83.4 Å². The van der Waals surface area contributed by atoms with Crippen LogP contribution in [0, 0.1) is 12.8 Å². The van der Waals surface area contributed by atoms with Gasteiger partial charge >= 0.3 is 0 Å². The number of anilines is 2. The first-order valence-electron chi connectivity index (χ1n) is 13.0. The fourth-order valence-corrected chi connectivity index (χ4v) is 7.04. The summed E-state index contributed by atoms with van der Waals surface area (Å²) in [5.74, 6) is -0.404. The maximum atomic E-state index is 13.8. The van der Waals surface area contributed by atoms with Gasteiger partial charge in [0.05, 0.1) is 27.3 Å². The van der Waals surface area contributed by atoms with Gasteiger partial charge in [0.1, 0.15) is 0 Å². The molecule has 212 valence electrons. The molecule has 1 heterocycles. The molecule has 1 amide bonds. The fourth-order valence-electron chi connectivity index (χ4n) is 4.54. The summed E-state index contributed by atoms with van der Waals surface area (Å²) in [5.41, 5.74) is 14.9. The van der Waals surface area contributed by atoms with Crippen molar-refractivity contribution in [2.45, 2.75) is 44.2 Å². The minimum Gasteiger partial charge on any atom is -0.398 e. The largest absolute Gasteiger partial charge is 0.398 e. The van der Waals surface area contributed by atoms with Gasteiger partial charge in [-0.3, -0.25) is 4.79 Å². The van der Waals surface area contributed by atoms with Gasteiger partial charge < -0.3 is 21.9 Å². The van der Waals surface area contributed by atoms with Crippen molar-refractivity contribution in [3.8, 4) is 0 Å². The molecule has 0 saturated heterocycles. The third kappa shape index (κ3) is 6.79. The van der Waals surface area contributed by atoms with Crippen LogP contribution < -0.4 is 16.8 Å². The lowest BCUT2D eigenvalue weighted by Gasteiger charge is -2.31. The molecule has 6 N–H and O–H groups in total. The molecule has 4 aromatic rings. The lowest BCUT2D eigenvalue weighted by molar-refractivity contribution is 0.0775. The number of rotatable bonds is 11. The van der Waals surface area contributed by atoms with Crippen LogP contribution in [0.2, 0.25) is 0 Å². The topological polar surface area (TPSA) is 152 Å². The quantitative estimate of drug-likeness (QED) is 0.197. The summed E-state index contributed by atoms with van der Waals surface area (Å²) < 4.78 is 29.6. The smallest absolute Gasteiger partial charge is 0.251 e. The molecule has 9 nitrogen and oxygen atoms in total. The number of amides is 1. The number of nitrogens with zero attached hydrogens (tertiary/aromatic N) is 2. The van der Waals surface area contributed by atoms with Gasteiger partial charge in [-0.1, -0.05) is 61.6 Å².